The van der Waals surface area contributed by atoms with Crippen LogP contribution in [0.5, 0.6) is 0 Å². The minimum Gasteiger partial charge on any atom is -0.354 e. The zero-order chi connectivity index (χ0) is 24.5. The first-order chi connectivity index (χ1) is 16.2. The fraction of sp³-hybridized carbons (Fsp3) is 0.478. The second-order valence-corrected chi connectivity index (χ2v) is 8.52. The third-order valence-electron chi connectivity index (χ3n) is 6.03. The highest BCUT2D eigenvalue weighted by atomic mass is 19.4. The number of hydrogen-bond donors (Lipinski definition) is 0. The summed E-state index contributed by atoms with van der Waals surface area (Å²) in [6.45, 7) is 2.19. The van der Waals surface area contributed by atoms with Gasteiger partial charge in [0.15, 0.2) is 5.82 Å². The molecule has 0 aromatic carbocycles. The summed E-state index contributed by atoms with van der Waals surface area (Å²) in [6, 6.07) is 1.51. The normalized spacial score (nSPS) is 21.1. The zero-order valence-electron chi connectivity index (χ0n) is 18.9. The van der Waals surface area contributed by atoms with Crippen molar-refractivity contribution in [2.24, 2.45) is 0 Å². The van der Waals surface area contributed by atoms with Crippen LogP contribution >= 0.6 is 0 Å². The van der Waals surface area contributed by atoms with Crippen LogP contribution in [0.2, 0.25) is 0 Å². The lowest BCUT2D eigenvalue weighted by molar-refractivity contribution is -0.137. The molecule has 0 spiro atoms. The van der Waals surface area contributed by atoms with E-state index in [4.69, 9.17) is 0 Å². The molecule has 1 aliphatic heterocycles. The van der Waals surface area contributed by atoms with E-state index in [0.717, 1.165) is 25.1 Å². The number of nitrogens with zero attached hydrogens (tertiary/aromatic N) is 6. The molecule has 2 aliphatic rings. The van der Waals surface area contributed by atoms with E-state index in [-0.39, 0.29) is 30.0 Å². The van der Waals surface area contributed by atoms with Crippen LogP contribution in [-0.4, -0.2) is 64.2 Å². The number of anilines is 2. The van der Waals surface area contributed by atoms with E-state index >= 15 is 4.39 Å². The third-order valence-corrected chi connectivity index (χ3v) is 6.03. The molecule has 34 heavy (non-hydrogen) atoms. The van der Waals surface area contributed by atoms with E-state index in [0.29, 0.717) is 18.8 Å². The molecular weight excluding hydrogens is 452 g/mol. The number of aromatic nitrogens is 3. The van der Waals surface area contributed by atoms with Crippen LogP contribution in [0.3, 0.4) is 0 Å². The summed E-state index contributed by atoms with van der Waals surface area (Å²) in [6.07, 6.45) is 3.41. The number of carbonyl (C=O) groups excluding carboxylic acids is 1. The molecule has 2 aromatic heterocycles. The van der Waals surface area contributed by atoms with Gasteiger partial charge in [0.05, 0.1) is 30.5 Å². The van der Waals surface area contributed by atoms with Gasteiger partial charge in [0.25, 0.3) is 5.91 Å². The standard InChI is InChI=1S/C23H26F4N6O/c1-3-9-31(2)21-13-28-18(12-30-21)22(34)33(16-5-6-16)19-8-10-32(14-17(19)24)20-7-4-15(11-29-20)23(25,26)27/h3-4,7,9,11-13,16-17,19H,5-6,8,10,14H2,1-2H3/b9-3-/t17?,19-/m1/s1. The molecule has 1 saturated heterocycles. The predicted octanol–water partition coefficient (Wildman–Crippen LogP) is 4.08. The van der Waals surface area contributed by atoms with Crippen molar-refractivity contribution in [3.05, 3.63) is 54.3 Å². The lowest BCUT2D eigenvalue weighted by atomic mass is 10.00. The topological polar surface area (TPSA) is 65.5 Å². The van der Waals surface area contributed by atoms with Crippen molar-refractivity contribution in [1.29, 1.82) is 0 Å². The number of rotatable bonds is 6. The highest BCUT2D eigenvalue weighted by molar-refractivity contribution is 5.93. The van der Waals surface area contributed by atoms with Crippen LogP contribution in [-0.2, 0) is 6.18 Å². The summed E-state index contributed by atoms with van der Waals surface area (Å²) in [5.41, 5.74) is -0.693. The highest BCUT2D eigenvalue weighted by Crippen LogP contribution is 2.35. The van der Waals surface area contributed by atoms with Crippen molar-refractivity contribution in [3.63, 3.8) is 0 Å². The maximum atomic E-state index is 15.3. The van der Waals surface area contributed by atoms with E-state index in [1.807, 2.05) is 26.2 Å². The molecule has 1 amide bonds. The Morgan fingerprint density at radius 1 is 1.12 bits per heavy atom. The van der Waals surface area contributed by atoms with Gasteiger partial charge in [0.1, 0.15) is 17.7 Å². The molecule has 0 radical (unpaired) electrons. The second-order valence-electron chi connectivity index (χ2n) is 8.52. The summed E-state index contributed by atoms with van der Waals surface area (Å²) in [4.78, 5) is 30.6. The van der Waals surface area contributed by atoms with Crippen LogP contribution in [0.1, 0.15) is 42.2 Å². The Hall–Kier alpha value is -3.24. The largest absolute Gasteiger partial charge is 0.417 e. The van der Waals surface area contributed by atoms with Gasteiger partial charge in [-0.15, -0.1) is 0 Å². The number of carbonyl (C=O) groups is 1. The first-order valence-corrected chi connectivity index (χ1v) is 11.1. The summed E-state index contributed by atoms with van der Waals surface area (Å²) in [5.74, 6) is 0.502. The van der Waals surface area contributed by atoms with Crippen LogP contribution in [0.25, 0.3) is 0 Å². The third kappa shape index (κ3) is 5.13. The van der Waals surface area contributed by atoms with Gasteiger partial charge in [-0.25, -0.2) is 19.3 Å². The molecule has 1 aliphatic carbocycles. The lowest BCUT2D eigenvalue weighted by Crippen LogP contribution is -2.55. The molecule has 2 aromatic rings. The van der Waals surface area contributed by atoms with E-state index in [1.165, 1.54) is 18.5 Å². The highest BCUT2D eigenvalue weighted by Gasteiger charge is 2.44. The second kappa shape index (κ2) is 9.55. The van der Waals surface area contributed by atoms with Gasteiger partial charge in [-0.3, -0.25) is 4.79 Å². The molecule has 182 valence electrons. The van der Waals surface area contributed by atoms with Crippen LogP contribution < -0.4 is 9.80 Å². The molecule has 2 fully saturated rings. The van der Waals surface area contributed by atoms with Crippen molar-refractivity contribution < 1.29 is 22.4 Å². The van der Waals surface area contributed by atoms with Crippen molar-refractivity contribution in [2.75, 3.05) is 29.9 Å². The molecule has 2 atom stereocenters. The molecule has 4 rings (SSSR count). The predicted molar refractivity (Wildman–Crippen MR) is 119 cm³/mol. The maximum absolute atomic E-state index is 15.3. The SMILES string of the molecule is C/C=C\N(C)c1cnc(C(=O)N(C2CC2)[C@@H]2CCN(c3ccc(C(F)(F)F)cn3)CC2F)cn1. The number of alkyl halides is 4. The molecule has 0 N–H and O–H groups in total. The minimum absolute atomic E-state index is 0.0429. The van der Waals surface area contributed by atoms with Crippen molar-refractivity contribution in [3.8, 4) is 0 Å². The number of halogens is 4. The number of hydrogen-bond acceptors (Lipinski definition) is 6. The Kier molecular flexibility index (Phi) is 6.72. The van der Waals surface area contributed by atoms with E-state index in [9.17, 15) is 18.0 Å². The summed E-state index contributed by atoms with van der Waals surface area (Å²) in [5, 5.41) is 0. The average Bonchev–Trinajstić information content (AvgIpc) is 3.65. The van der Waals surface area contributed by atoms with E-state index in [2.05, 4.69) is 15.0 Å². The molecule has 1 unspecified atom stereocenters. The van der Waals surface area contributed by atoms with Gasteiger partial charge in [0, 0.05) is 32.0 Å². The molecule has 1 saturated carbocycles. The Morgan fingerprint density at radius 2 is 1.88 bits per heavy atom. The van der Waals surface area contributed by atoms with Crippen LogP contribution in [0.15, 0.2) is 43.0 Å². The fourth-order valence-corrected chi connectivity index (χ4v) is 4.14. The molecule has 0 bridgehead atoms. The Balaban J connectivity index is 1.46. The summed E-state index contributed by atoms with van der Waals surface area (Å²) >= 11 is 0. The molecule has 7 nitrogen and oxygen atoms in total. The Labute approximate surface area is 195 Å². The maximum Gasteiger partial charge on any atom is 0.417 e. The van der Waals surface area contributed by atoms with Crippen molar-refractivity contribution >= 4 is 17.5 Å². The zero-order valence-corrected chi connectivity index (χ0v) is 18.9. The minimum atomic E-state index is -4.48. The van der Waals surface area contributed by atoms with Gasteiger partial charge in [-0.05, 0) is 38.3 Å². The van der Waals surface area contributed by atoms with Crippen LogP contribution in [0.4, 0.5) is 29.2 Å². The quantitative estimate of drug-likeness (QED) is 0.583. The molecule has 3 heterocycles. The van der Waals surface area contributed by atoms with Gasteiger partial charge in [-0.1, -0.05) is 6.08 Å². The lowest BCUT2D eigenvalue weighted by Gasteiger charge is -2.41. The summed E-state index contributed by atoms with van der Waals surface area (Å²) < 4.78 is 53.7. The summed E-state index contributed by atoms with van der Waals surface area (Å²) in [7, 11) is 1.81. The molecular formula is C23H26F4N6O. The first-order valence-electron chi connectivity index (χ1n) is 11.1. The first kappa shape index (κ1) is 23.9. The Bertz CT molecular complexity index is 1020. The van der Waals surface area contributed by atoms with Gasteiger partial charge < -0.3 is 14.7 Å². The van der Waals surface area contributed by atoms with Gasteiger partial charge >= 0.3 is 6.18 Å². The van der Waals surface area contributed by atoms with E-state index in [1.54, 1.807) is 14.7 Å². The smallest absolute Gasteiger partial charge is 0.354 e. The fourth-order valence-electron chi connectivity index (χ4n) is 4.14. The number of amides is 1. The Morgan fingerprint density at radius 3 is 2.41 bits per heavy atom. The van der Waals surface area contributed by atoms with Crippen molar-refractivity contribution in [1.82, 2.24) is 19.9 Å². The van der Waals surface area contributed by atoms with Crippen LogP contribution in [0, 0.1) is 0 Å². The van der Waals surface area contributed by atoms with Gasteiger partial charge in [-0.2, -0.15) is 13.2 Å². The number of allylic oxidation sites excluding steroid dienone is 1. The number of pyridine rings is 1. The van der Waals surface area contributed by atoms with E-state index < -0.39 is 24.0 Å². The monoisotopic (exact) mass is 478 g/mol. The number of piperidine rings is 1. The van der Waals surface area contributed by atoms with Gasteiger partial charge in [0.2, 0.25) is 0 Å². The average molecular weight is 478 g/mol. The van der Waals surface area contributed by atoms with Crippen molar-refractivity contribution in [2.45, 2.75) is 50.6 Å². The molecule has 11 heteroatoms.